The van der Waals surface area contributed by atoms with E-state index in [1.165, 1.54) is 18.3 Å². The molecule has 2 aromatic heterocycles. The van der Waals surface area contributed by atoms with Crippen molar-refractivity contribution in [1.29, 1.82) is 0 Å². The number of sulfone groups is 1. The molecule has 0 radical (unpaired) electrons. The third kappa shape index (κ3) is 2.61. The maximum atomic E-state index is 12.4. The number of aromatic nitrogens is 1. The van der Waals surface area contributed by atoms with Gasteiger partial charge in [-0.2, -0.15) is 0 Å². The Morgan fingerprint density at radius 3 is 2.87 bits per heavy atom. The summed E-state index contributed by atoms with van der Waals surface area (Å²) >= 11 is 0. The van der Waals surface area contributed by atoms with Gasteiger partial charge in [-0.3, -0.25) is 9.78 Å². The molecular formula is C15H17N3O4S. The van der Waals surface area contributed by atoms with Crippen LogP contribution in [0.5, 0.6) is 0 Å². The van der Waals surface area contributed by atoms with E-state index >= 15 is 0 Å². The Hall–Kier alpha value is -1.93. The quantitative estimate of drug-likeness (QED) is 0.886. The fraction of sp³-hybridized carbons (Fsp3) is 0.467. The van der Waals surface area contributed by atoms with E-state index in [9.17, 15) is 13.2 Å². The van der Waals surface area contributed by atoms with E-state index in [-0.39, 0.29) is 22.7 Å². The van der Waals surface area contributed by atoms with Crippen molar-refractivity contribution in [3.05, 3.63) is 24.0 Å². The summed E-state index contributed by atoms with van der Waals surface area (Å²) < 4.78 is 28.4. The molecule has 122 valence electrons. The molecule has 2 bridgehead atoms. The van der Waals surface area contributed by atoms with E-state index in [2.05, 4.69) is 15.2 Å². The monoisotopic (exact) mass is 335 g/mol. The number of rotatable bonds is 3. The molecule has 2 fully saturated rings. The first-order chi connectivity index (χ1) is 10.9. The number of furan rings is 1. The van der Waals surface area contributed by atoms with E-state index in [4.69, 9.17) is 4.42 Å². The second kappa shape index (κ2) is 5.04. The smallest absolute Gasteiger partial charge is 0.270 e. The second-order valence-corrected chi connectivity index (χ2v) is 8.28. The number of carbonyl (C=O) groups excluding carboxylic acids is 1. The molecule has 4 rings (SSSR count). The lowest BCUT2D eigenvalue weighted by atomic mass is 10.00. The molecule has 7 nitrogen and oxygen atoms in total. The first-order valence-electron chi connectivity index (χ1n) is 7.53. The first-order valence-corrected chi connectivity index (χ1v) is 9.42. The molecule has 2 unspecified atom stereocenters. The highest BCUT2D eigenvalue weighted by atomic mass is 32.2. The highest BCUT2D eigenvalue weighted by Crippen LogP contribution is 2.28. The molecular weight excluding hydrogens is 318 g/mol. The van der Waals surface area contributed by atoms with Crippen LogP contribution in [0.3, 0.4) is 0 Å². The average molecular weight is 335 g/mol. The predicted molar refractivity (Wildman–Crippen MR) is 82.9 cm³/mol. The molecule has 4 heterocycles. The van der Waals surface area contributed by atoms with Crippen LogP contribution in [0.1, 0.15) is 16.9 Å². The minimum absolute atomic E-state index is 0.118. The van der Waals surface area contributed by atoms with Crippen molar-refractivity contribution < 1.29 is 17.6 Å². The number of nitrogens with zero attached hydrogens (tertiary/aromatic N) is 2. The molecule has 23 heavy (non-hydrogen) atoms. The van der Waals surface area contributed by atoms with Crippen molar-refractivity contribution in [3.8, 4) is 0 Å². The number of amides is 1. The molecule has 0 aromatic carbocycles. The van der Waals surface area contributed by atoms with Crippen LogP contribution in [0.25, 0.3) is 11.0 Å². The van der Waals surface area contributed by atoms with Gasteiger partial charge in [-0.25, -0.2) is 8.42 Å². The molecule has 1 amide bonds. The minimum atomic E-state index is -3.42. The van der Waals surface area contributed by atoms with Gasteiger partial charge in [0.05, 0.1) is 0 Å². The van der Waals surface area contributed by atoms with Crippen molar-refractivity contribution >= 4 is 26.7 Å². The van der Waals surface area contributed by atoms with Gasteiger partial charge in [-0.05, 0) is 18.9 Å². The van der Waals surface area contributed by atoms with E-state index in [1.54, 1.807) is 0 Å². The van der Waals surface area contributed by atoms with Crippen LogP contribution in [-0.2, 0) is 9.84 Å². The summed E-state index contributed by atoms with van der Waals surface area (Å²) in [5.74, 6) is 0.270. The van der Waals surface area contributed by atoms with E-state index in [0.29, 0.717) is 16.9 Å². The normalized spacial score (nSPS) is 26.7. The molecule has 8 heteroatoms. The summed E-state index contributed by atoms with van der Waals surface area (Å²) in [5.41, 5.74) is 0.590. The van der Waals surface area contributed by atoms with Crippen LogP contribution >= 0.6 is 0 Å². The zero-order valence-electron chi connectivity index (χ0n) is 12.7. The molecule has 2 saturated heterocycles. The Kier molecular flexibility index (Phi) is 3.21. The SMILES string of the molecule is CS(=O)(=O)c1cc2cnc(C(=O)NC3CN4CC[C@H]3C4)cc2o1. The van der Waals surface area contributed by atoms with Crippen LogP contribution in [0.15, 0.2) is 27.8 Å². The summed E-state index contributed by atoms with van der Waals surface area (Å²) in [6, 6.07) is 3.08. The zero-order valence-corrected chi connectivity index (χ0v) is 13.5. The van der Waals surface area contributed by atoms with Gasteiger partial charge >= 0.3 is 0 Å². The van der Waals surface area contributed by atoms with Gasteiger partial charge in [0.25, 0.3) is 5.91 Å². The van der Waals surface area contributed by atoms with Crippen molar-refractivity contribution in [3.63, 3.8) is 0 Å². The number of pyridine rings is 1. The summed E-state index contributed by atoms with van der Waals surface area (Å²) in [6.07, 6.45) is 3.66. The zero-order chi connectivity index (χ0) is 16.2. The number of hydrogen-bond acceptors (Lipinski definition) is 6. The van der Waals surface area contributed by atoms with Crippen LogP contribution in [-0.4, -0.2) is 56.1 Å². The lowest BCUT2D eigenvalue weighted by Gasteiger charge is -2.22. The van der Waals surface area contributed by atoms with Gasteiger partial charge in [0.15, 0.2) is 0 Å². The maximum Gasteiger partial charge on any atom is 0.270 e. The highest BCUT2D eigenvalue weighted by Gasteiger charge is 2.38. The number of fused-ring (bicyclic) bond motifs is 3. The third-order valence-corrected chi connectivity index (χ3v) is 5.56. The Balaban J connectivity index is 1.57. The summed E-state index contributed by atoms with van der Waals surface area (Å²) in [5, 5.41) is 3.47. The number of piperidine rings is 1. The molecule has 2 aliphatic rings. The molecule has 0 aliphatic carbocycles. The Bertz CT molecular complexity index is 889. The molecule has 0 saturated carbocycles. The third-order valence-electron chi connectivity index (χ3n) is 4.63. The Morgan fingerprint density at radius 2 is 2.22 bits per heavy atom. The largest absolute Gasteiger partial charge is 0.445 e. The summed E-state index contributed by atoms with van der Waals surface area (Å²) in [6.45, 7) is 3.05. The van der Waals surface area contributed by atoms with Crippen molar-refractivity contribution in [2.75, 3.05) is 25.9 Å². The fourth-order valence-corrected chi connectivity index (χ4v) is 3.99. The topological polar surface area (TPSA) is 92.5 Å². The number of hydrogen-bond donors (Lipinski definition) is 1. The van der Waals surface area contributed by atoms with Crippen LogP contribution in [0.2, 0.25) is 0 Å². The van der Waals surface area contributed by atoms with Crippen molar-refractivity contribution in [1.82, 2.24) is 15.2 Å². The minimum Gasteiger partial charge on any atom is -0.445 e. The molecule has 0 spiro atoms. The Labute approximate surface area is 133 Å². The molecule has 3 atom stereocenters. The number of carbonyl (C=O) groups is 1. The van der Waals surface area contributed by atoms with Gasteiger partial charge < -0.3 is 14.6 Å². The van der Waals surface area contributed by atoms with Gasteiger partial charge in [0, 0.05) is 49.1 Å². The average Bonchev–Trinajstić information content (AvgIpc) is 3.20. The highest BCUT2D eigenvalue weighted by molar-refractivity contribution is 7.90. The summed E-state index contributed by atoms with van der Waals surface area (Å²) in [4.78, 5) is 18.8. The van der Waals surface area contributed by atoms with Crippen LogP contribution in [0.4, 0.5) is 0 Å². The standard InChI is InChI=1S/C15H17N3O4S/c1-23(20,21)14-4-10-6-16-11(5-13(10)22-14)15(19)17-12-8-18-3-2-9(12)7-18/h4-6,9,12H,2-3,7-8H2,1H3,(H,17,19)/t9-,12?/m0/s1. The molecule has 1 N–H and O–H groups in total. The van der Waals surface area contributed by atoms with Crippen LogP contribution in [0, 0.1) is 5.92 Å². The lowest BCUT2D eigenvalue weighted by molar-refractivity contribution is 0.0919. The van der Waals surface area contributed by atoms with Gasteiger partial charge in [-0.1, -0.05) is 0 Å². The van der Waals surface area contributed by atoms with Gasteiger partial charge in [-0.15, -0.1) is 0 Å². The molecule has 2 aliphatic heterocycles. The summed E-state index contributed by atoms with van der Waals surface area (Å²) in [7, 11) is -3.42. The van der Waals surface area contributed by atoms with Crippen molar-refractivity contribution in [2.24, 2.45) is 5.92 Å². The van der Waals surface area contributed by atoms with Crippen LogP contribution < -0.4 is 5.32 Å². The van der Waals surface area contributed by atoms with Gasteiger partial charge in [0.1, 0.15) is 11.3 Å². The predicted octanol–water partition coefficient (Wildman–Crippen LogP) is 0.665. The lowest BCUT2D eigenvalue weighted by Crippen LogP contribution is -2.43. The van der Waals surface area contributed by atoms with Crippen molar-refractivity contribution in [2.45, 2.75) is 17.6 Å². The first kappa shape index (κ1) is 14.6. The van der Waals surface area contributed by atoms with E-state index < -0.39 is 9.84 Å². The maximum absolute atomic E-state index is 12.4. The Morgan fingerprint density at radius 1 is 1.39 bits per heavy atom. The number of nitrogens with one attached hydrogen (secondary N) is 1. The second-order valence-electron chi connectivity index (χ2n) is 6.33. The van der Waals surface area contributed by atoms with E-state index in [0.717, 1.165) is 32.3 Å². The van der Waals surface area contributed by atoms with E-state index in [1.807, 2.05) is 0 Å². The van der Waals surface area contributed by atoms with Gasteiger partial charge in [0.2, 0.25) is 14.9 Å². The molecule has 2 aromatic rings. The fourth-order valence-electron chi connectivity index (χ4n) is 3.41.